The van der Waals surface area contributed by atoms with Crippen LogP contribution in [0, 0.1) is 5.92 Å². The number of aromatic nitrogens is 1. The summed E-state index contributed by atoms with van der Waals surface area (Å²) >= 11 is 0. The summed E-state index contributed by atoms with van der Waals surface area (Å²) < 4.78 is 0. The van der Waals surface area contributed by atoms with E-state index in [2.05, 4.69) is 31.1 Å². The standard InChI is InChI=1S/C15H23N3O/c1-11(2)12(3)18(14-4-5-14)15(19)17-10-13-6-8-16-9-7-13/h6-9,11-12,14H,4-5,10H2,1-3H3,(H,17,19)/t12-/m0/s1. The molecule has 0 bridgehead atoms. The van der Waals surface area contributed by atoms with Gasteiger partial charge in [-0.1, -0.05) is 13.8 Å². The largest absolute Gasteiger partial charge is 0.334 e. The maximum absolute atomic E-state index is 12.3. The lowest BCUT2D eigenvalue weighted by molar-refractivity contribution is 0.156. The van der Waals surface area contributed by atoms with Gasteiger partial charge >= 0.3 is 6.03 Å². The van der Waals surface area contributed by atoms with E-state index in [1.807, 2.05) is 17.0 Å². The molecule has 2 rings (SSSR count). The minimum Gasteiger partial charge on any atom is -0.334 e. The van der Waals surface area contributed by atoms with Gasteiger partial charge < -0.3 is 10.2 Å². The van der Waals surface area contributed by atoms with Crippen LogP contribution in [0.1, 0.15) is 39.2 Å². The topological polar surface area (TPSA) is 45.2 Å². The van der Waals surface area contributed by atoms with E-state index in [4.69, 9.17) is 0 Å². The van der Waals surface area contributed by atoms with Gasteiger partial charge in [-0.2, -0.15) is 0 Å². The van der Waals surface area contributed by atoms with Crippen molar-refractivity contribution < 1.29 is 4.79 Å². The van der Waals surface area contributed by atoms with Crippen LogP contribution in [-0.2, 0) is 6.54 Å². The van der Waals surface area contributed by atoms with Crippen molar-refractivity contribution in [3.8, 4) is 0 Å². The Morgan fingerprint density at radius 3 is 2.53 bits per heavy atom. The van der Waals surface area contributed by atoms with Crippen LogP contribution < -0.4 is 5.32 Å². The molecule has 0 spiro atoms. The SMILES string of the molecule is CC(C)[C@H](C)N(C(=O)NCc1ccncc1)C1CC1. The molecular weight excluding hydrogens is 238 g/mol. The van der Waals surface area contributed by atoms with Gasteiger partial charge in [-0.3, -0.25) is 4.98 Å². The maximum Gasteiger partial charge on any atom is 0.318 e. The molecule has 1 fully saturated rings. The van der Waals surface area contributed by atoms with Crippen molar-refractivity contribution in [2.45, 2.75) is 52.2 Å². The monoisotopic (exact) mass is 261 g/mol. The van der Waals surface area contributed by atoms with Crippen LogP contribution in [-0.4, -0.2) is 28.0 Å². The van der Waals surface area contributed by atoms with E-state index >= 15 is 0 Å². The zero-order valence-corrected chi connectivity index (χ0v) is 12.0. The number of amides is 2. The van der Waals surface area contributed by atoms with Crippen molar-refractivity contribution in [2.24, 2.45) is 5.92 Å². The number of carbonyl (C=O) groups excluding carboxylic acids is 1. The molecule has 1 atom stereocenters. The van der Waals surface area contributed by atoms with E-state index in [1.165, 1.54) is 0 Å². The number of rotatable bonds is 5. The zero-order chi connectivity index (χ0) is 13.8. The molecule has 1 heterocycles. The molecule has 4 heteroatoms. The van der Waals surface area contributed by atoms with Crippen LogP contribution in [0.3, 0.4) is 0 Å². The Balaban J connectivity index is 1.93. The molecule has 1 aliphatic carbocycles. The first-order chi connectivity index (χ1) is 9.09. The summed E-state index contributed by atoms with van der Waals surface area (Å²) in [7, 11) is 0. The summed E-state index contributed by atoms with van der Waals surface area (Å²) in [6, 6.07) is 4.63. The minimum atomic E-state index is 0.0560. The molecule has 0 radical (unpaired) electrons. The third kappa shape index (κ3) is 3.69. The molecule has 19 heavy (non-hydrogen) atoms. The molecule has 4 nitrogen and oxygen atoms in total. The van der Waals surface area contributed by atoms with Crippen LogP contribution in [0.25, 0.3) is 0 Å². The molecule has 1 saturated carbocycles. The van der Waals surface area contributed by atoms with Crippen molar-refractivity contribution in [3.63, 3.8) is 0 Å². The zero-order valence-electron chi connectivity index (χ0n) is 12.0. The fourth-order valence-corrected chi connectivity index (χ4v) is 2.13. The van der Waals surface area contributed by atoms with E-state index in [1.54, 1.807) is 12.4 Å². The highest BCUT2D eigenvalue weighted by molar-refractivity contribution is 5.75. The average Bonchev–Trinajstić information content (AvgIpc) is 3.22. The van der Waals surface area contributed by atoms with Crippen molar-refractivity contribution in [1.29, 1.82) is 0 Å². The first-order valence-electron chi connectivity index (χ1n) is 7.04. The third-order valence-corrected chi connectivity index (χ3v) is 3.77. The van der Waals surface area contributed by atoms with Crippen molar-refractivity contribution in [1.82, 2.24) is 15.2 Å². The summed E-state index contributed by atoms with van der Waals surface area (Å²) in [6.07, 6.45) is 5.77. The van der Waals surface area contributed by atoms with E-state index in [-0.39, 0.29) is 12.1 Å². The fraction of sp³-hybridized carbons (Fsp3) is 0.600. The van der Waals surface area contributed by atoms with E-state index in [0.29, 0.717) is 18.5 Å². The molecule has 2 amide bonds. The minimum absolute atomic E-state index is 0.0560. The van der Waals surface area contributed by atoms with Gasteiger partial charge in [0.15, 0.2) is 0 Å². The molecule has 1 aromatic rings. The van der Waals surface area contributed by atoms with Crippen molar-refractivity contribution >= 4 is 6.03 Å². The Kier molecular flexibility index (Phi) is 4.40. The van der Waals surface area contributed by atoms with E-state index in [0.717, 1.165) is 18.4 Å². The van der Waals surface area contributed by atoms with Gasteiger partial charge in [-0.05, 0) is 43.4 Å². The Morgan fingerprint density at radius 1 is 1.37 bits per heavy atom. The van der Waals surface area contributed by atoms with Gasteiger partial charge in [0, 0.05) is 31.0 Å². The van der Waals surface area contributed by atoms with Crippen molar-refractivity contribution in [2.75, 3.05) is 0 Å². The van der Waals surface area contributed by atoms with Crippen LogP contribution in [0.5, 0.6) is 0 Å². The molecule has 1 aromatic heterocycles. The summed E-state index contributed by atoms with van der Waals surface area (Å²) in [5.74, 6) is 0.479. The molecule has 0 aromatic carbocycles. The Labute approximate surface area is 115 Å². The van der Waals surface area contributed by atoms with Crippen LogP contribution >= 0.6 is 0 Å². The second-order valence-electron chi connectivity index (χ2n) is 5.64. The van der Waals surface area contributed by atoms with Gasteiger partial charge in [-0.25, -0.2) is 4.79 Å². The van der Waals surface area contributed by atoms with Gasteiger partial charge in [0.1, 0.15) is 0 Å². The predicted molar refractivity (Wildman–Crippen MR) is 75.6 cm³/mol. The smallest absolute Gasteiger partial charge is 0.318 e. The van der Waals surface area contributed by atoms with E-state index < -0.39 is 0 Å². The average molecular weight is 261 g/mol. The maximum atomic E-state index is 12.3. The first-order valence-corrected chi connectivity index (χ1v) is 7.04. The number of nitrogens with one attached hydrogen (secondary N) is 1. The lowest BCUT2D eigenvalue weighted by Gasteiger charge is -2.32. The first kappa shape index (κ1) is 13.8. The number of hydrogen-bond acceptors (Lipinski definition) is 2. The Hall–Kier alpha value is -1.58. The Morgan fingerprint density at radius 2 is 2.00 bits per heavy atom. The van der Waals surface area contributed by atoms with Gasteiger partial charge in [0.25, 0.3) is 0 Å². The number of nitrogens with zero attached hydrogens (tertiary/aromatic N) is 2. The second-order valence-corrected chi connectivity index (χ2v) is 5.64. The number of urea groups is 1. The van der Waals surface area contributed by atoms with E-state index in [9.17, 15) is 4.79 Å². The third-order valence-electron chi connectivity index (χ3n) is 3.77. The van der Waals surface area contributed by atoms with Crippen LogP contribution in [0.2, 0.25) is 0 Å². The molecule has 0 saturated heterocycles. The number of hydrogen-bond donors (Lipinski definition) is 1. The molecule has 0 aliphatic heterocycles. The van der Waals surface area contributed by atoms with Crippen LogP contribution in [0.4, 0.5) is 4.79 Å². The highest BCUT2D eigenvalue weighted by atomic mass is 16.2. The number of pyridine rings is 1. The lowest BCUT2D eigenvalue weighted by Crippen LogP contribution is -2.48. The van der Waals surface area contributed by atoms with Gasteiger partial charge in [0.2, 0.25) is 0 Å². The molecule has 1 N–H and O–H groups in total. The van der Waals surface area contributed by atoms with Crippen LogP contribution in [0.15, 0.2) is 24.5 Å². The number of carbonyl (C=O) groups is 1. The lowest BCUT2D eigenvalue weighted by atomic mass is 10.0. The highest BCUT2D eigenvalue weighted by Gasteiger charge is 2.36. The molecule has 1 aliphatic rings. The second kappa shape index (κ2) is 6.04. The highest BCUT2D eigenvalue weighted by Crippen LogP contribution is 2.30. The van der Waals surface area contributed by atoms with Gasteiger partial charge in [-0.15, -0.1) is 0 Å². The summed E-state index contributed by atoms with van der Waals surface area (Å²) in [6.45, 7) is 7.02. The predicted octanol–water partition coefficient (Wildman–Crippen LogP) is 2.80. The summed E-state index contributed by atoms with van der Waals surface area (Å²) in [4.78, 5) is 18.3. The fourth-order valence-electron chi connectivity index (χ4n) is 2.13. The quantitative estimate of drug-likeness (QED) is 0.886. The molecular formula is C15H23N3O. The summed E-state index contributed by atoms with van der Waals surface area (Å²) in [5, 5.41) is 3.02. The molecule has 104 valence electrons. The Bertz CT molecular complexity index is 415. The van der Waals surface area contributed by atoms with Gasteiger partial charge in [0.05, 0.1) is 0 Å². The normalized spacial score (nSPS) is 16.2. The summed E-state index contributed by atoms with van der Waals surface area (Å²) in [5.41, 5.74) is 1.08. The molecule has 0 unspecified atom stereocenters. The van der Waals surface area contributed by atoms with Crippen molar-refractivity contribution in [3.05, 3.63) is 30.1 Å².